The van der Waals surface area contributed by atoms with E-state index in [9.17, 15) is 4.79 Å². The van der Waals surface area contributed by atoms with Gasteiger partial charge in [-0.3, -0.25) is 10.2 Å². The van der Waals surface area contributed by atoms with Crippen molar-refractivity contribution in [3.63, 3.8) is 0 Å². The van der Waals surface area contributed by atoms with Crippen molar-refractivity contribution in [2.24, 2.45) is 5.84 Å². The zero-order valence-corrected chi connectivity index (χ0v) is 7.53. The molecule has 0 fully saturated rings. The van der Waals surface area contributed by atoms with Gasteiger partial charge in [0.2, 0.25) is 5.91 Å². The topological polar surface area (TPSA) is 75.4 Å². The average Bonchev–Trinajstić information content (AvgIpc) is 2.19. The summed E-state index contributed by atoms with van der Waals surface area (Å²) in [5.74, 6) is 4.88. The molecule has 0 aliphatic carbocycles. The molecule has 0 spiro atoms. The minimum absolute atomic E-state index is 0.130. The summed E-state index contributed by atoms with van der Waals surface area (Å²) in [6.45, 7) is 1.74. The summed E-state index contributed by atoms with van der Waals surface area (Å²) < 4.78 is 0. The van der Waals surface area contributed by atoms with E-state index in [1.165, 1.54) is 0 Å². The van der Waals surface area contributed by atoms with Crippen LogP contribution in [0.1, 0.15) is 13.3 Å². The molecule has 4 nitrogen and oxygen atoms in total. The lowest BCUT2D eigenvalue weighted by atomic mass is 10.3. The predicted octanol–water partition coefficient (Wildman–Crippen LogP) is 0.778. The predicted molar refractivity (Wildman–Crippen MR) is 50.7 cm³/mol. The van der Waals surface area contributed by atoms with Gasteiger partial charge in [0.15, 0.2) is 0 Å². The monoisotopic (exact) mass is 182 g/mol. The van der Waals surface area contributed by atoms with Gasteiger partial charge in [-0.2, -0.15) is 0 Å². The maximum Gasteiger partial charge on any atom is 0.233 e. The second-order valence-corrected chi connectivity index (χ2v) is 2.26. The second-order valence-electron chi connectivity index (χ2n) is 2.26. The first-order valence-corrected chi connectivity index (χ1v) is 3.94. The van der Waals surface area contributed by atoms with E-state index in [4.69, 9.17) is 5.11 Å². The molecule has 0 saturated carbocycles. The van der Waals surface area contributed by atoms with Crippen LogP contribution in [0.4, 0.5) is 0 Å². The van der Waals surface area contributed by atoms with Gasteiger partial charge < -0.3 is 5.11 Å². The molecule has 13 heavy (non-hydrogen) atoms. The minimum atomic E-state index is -0.130. The summed E-state index contributed by atoms with van der Waals surface area (Å²) in [6.07, 6.45) is 0.455. The summed E-state index contributed by atoms with van der Waals surface area (Å²) in [7, 11) is 0. The van der Waals surface area contributed by atoms with Crippen LogP contribution in [0.25, 0.3) is 0 Å². The third kappa shape index (κ3) is 6.83. The van der Waals surface area contributed by atoms with E-state index in [0.717, 1.165) is 0 Å². The van der Waals surface area contributed by atoms with Crippen molar-refractivity contribution < 1.29 is 9.90 Å². The summed E-state index contributed by atoms with van der Waals surface area (Å²) >= 11 is 0. The van der Waals surface area contributed by atoms with Crippen LogP contribution >= 0.6 is 0 Å². The Hall–Kier alpha value is -1.55. The Morgan fingerprint density at radius 2 is 2.00 bits per heavy atom. The van der Waals surface area contributed by atoms with E-state index in [-0.39, 0.29) is 5.91 Å². The number of rotatable bonds is 1. The Morgan fingerprint density at radius 1 is 1.46 bits per heavy atom. The fourth-order valence-electron chi connectivity index (χ4n) is 0.530. The summed E-state index contributed by atoms with van der Waals surface area (Å²) in [6, 6.07) is 8.71. The third-order valence-corrected chi connectivity index (χ3v) is 1.24. The smallest absolute Gasteiger partial charge is 0.233 e. The van der Waals surface area contributed by atoms with Crippen LogP contribution in [0.3, 0.4) is 0 Å². The van der Waals surface area contributed by atoms with Gasteiger partial charge in [-0.25, -0.2) is 5.84 Å². The highest BCUT2D eigenvalue weighted by Gasteiger charge is 1.85. The first-order valence-electron chi connectivity index (χ1n) is 3.94. The third-order valence-electron chi connectivity index (χ3n) is 1.24. The first-order chi connectivity index (χ1) is 6.20. The van der Waals surface area contributed by atoms with Gasteiger partial charge >= 0.3 is 0 Å². The number of aromatic hydroxyl groups is 1. The molecule has 1 rings (SSSR count). The van der Waals surface area contributed by atoms with Gasteiger partial charge in [0.05, 0.1) is 0 Å². The number of hydrogen-bond acceptors (Lipinski definition) is 3. The molecule has 4 N–H and O–H groups in total. The summed E-state index contributed by atoms with van der Waals surface area (Å²) in [5, 5.41) is 8.63. The quantitative estimate of drug-likeness (QED) is 0.341. The molecule has 0 bridgehead atoms. The molecule has 0 unspecified atom stereocenters. The Bertz CT molecular complexity index is 231. The highest BCUT2D eigenvalue weighted by molar-refractivity contribution is 5.74. The normalized spacial score (nSPS) is 8.15. The van der Waals surface area contributed by atoms with Gasteiger partial charge in [0.25, 0.3) is 0 Å². The van der Waals surface area contributed by atoms with E-state index >= 15 is 0 Å². The Balaban J connectivity index is 0.000000226. The Morgan fingerprint density at radius 3 is 2.15 bits per heavy atom. The lowest BCUT2D eigenvalue weighted by molar-refractivity contribution is -0.120. The van der Waals surface area contributed by atoms with Gasteiger partial charge in [-0.05, 0) is 12.1 Å². The molecule has 4 heteroatoms. The van der Waals surface area contributed by atoms with Gasteiger partial charge in [-0.1, -0.05) is 25.1 Å². The molecule has 1 amide bonds. The molecule has 0 heterocycles. The molecule has 1 aromatic carbocycles. The second kappa shape index (κ2) is 7.12. The van der Waals surface area contributed by atoms with Crippen molar-refractivity contribution in [1.29, 1.82) is 0 Å². The number of hydrogen-bond donors (Lipinski definition) is 3. The van der Waals surface area contributed by atoms with Crippen LogP contribution in [0.15, 0.2) is 30.3 Å². The summed E-state index contributed by atoms with van der Waals surface area (Å²) in [5.41, 5.74) is 1.98. The van der Waals surface area contributed by atoms with Gasteiger partial charge in [0.1, 0.15) is 5.75 Å². The van der Waals surface area contributed by atoms with Crippen molar-refractivity contribution in [1.82, 2.24) is 5.43 Å². The van der Waals surface area contributed by atoms with Crippen LogP contribution in [0, 0.1) is 0 Å². The van der Waals surface area contributed by atoms with Crippen LogP contribution in [0.2, 0.25) is 0 Å². The zero-order valence-electron chi connectivity index (χ0n) is 7.53. The molecule has 1 aromatic rings. The van der Waals surface area contributed by atoms with Crippen molar-refractivity contribution >= 4 is 5.91 Å². The molecule has 0 aromatic heterocycles. The molecular formula is C9H14N2O2. The van der Waals surface area contributed by atoms with Crippen molar-refractivity contribution in [2.75, 3.05) is 0 Å². The SMILES string of the molecule is CCC(=O)NN.Oc1ccccc1. The standard InChI is InChI=1S/C6H6O.C3H8N2O/c7-6-4-2-1-3-5-6;1-2-3(6)5-4/h1-5,7H;2,4H2,1H3,(H,5,6). The van der Waals surface area contributed by atoms with E-state index in [2.05, 4.69) is 5.84 Å². The number of benzene rings is 1. The van der Waals surface area contributed by atoms with Crippen molar-refractivity contribution in [2.45, 2.75) is 13.3 Å². The minimum Gasteiger partial charge on any atom is -0.508 e. The molecule has 0 saturated heterocycles. The van der Waals surface area contributed by atoms with E-state index in [1.807, 2.05) is 11.5 Å². The molecule has 0 aliphatic heterocycles. The number of phenolic OH excluding ortho intramolecular Hbond substituents is 1. The number of phenols is 1. The molecule has 0 aliphatic rings. The van der Waals surface area contributed by atoms with Gasteiger partial charge in [0, 0.05) is 6.42 Å². The number of nitrogens with two attached hydrogens (primary N) is 1. The summed E-state index contributed by atoms with van der Waals surface area (Å²) in [4.78, 5) is 9.94. The Kier molecular flexibility index (Phi) is 6.27. The maximum absolute atomic E-state index is 9.94. The fourth-order valence-corrected chi connectivity index (χ4v) is 0.530. The highest BCUT2D eigenvalue weighted by atomic mass is 16.3. The van der Waals surface area contributed by atoms with E-state index in [0.29, 0.717) is 12.2 Å². The number of carbonyl (C=O) groups is 1. The largest absolute Gasteiger partial charge is 0.508 e. The van der Waals surface area contributed by atoms with Crippen LogP contribution in [0.5, 0.6) is 5.75 Å². The van der Waals surface area contributed by atoms with E-state index < -0.39 is 0 Å². The zero-order chi connectivity index (χ0) is 10.1. The fraction of sp³-hybridized carbons (Fsp3) is 0.222. The van der Waals surface area contributed by atoms with Gasteiger partial charge in [-0.15, -0.1) is 0 Å². The number of nitrogens with one attached hydrogen (secondary N) is 1. The highest BCUT2D eigenvalue weighted by Crippen LogP contribution is 2.02. The maximum atomic E-state index is 9.94. The number of amides is 1. The van der Waals surface area contributed by atoms with Crippen LogP contribution < -0.4 is 11.3 Å². The van der Waals surface area contributed by atoms with Crippen molar-refractivity contribution in [3.05, 3.63) is 30.3 Å². The number of carbonyl (C=O) groups excluding carboxylic acids is 1. The molecule has 72 valence electrons. The lowest BCUT2D eigenvalue weighted by Crippen LogP contribution is -2.28. The van der Waals surface area contributed by atoms with Crippen LogP contribution in [-0.2, 0) is 4.79 Å². The molecule has 0 radical (unpaired) electrons. The van der Waals surface area contributed by atoms with Crippen molar-refractivity contribution in [3.8, 4) is 5.75 Å². The molecular weight excluding hydrogens is 168 g/mol. The Labute approximate surface area is 77.3 Å². The van der Waals surface area contributed by atoms with Crippen LogP contribution in [-0.4, -0.2) is 11.0 Å². The van der Waals surface area contributed by atoms with E-state index in [1.54, 1.807) is 31.2 Å². The average molecular weight is 182 g/mol. The molecule has 0 atom stereocenters. The number of para-hydroxylation sites is 1. The first kappa shape index (κ1) is 11.4. The lowest BCUT2D eigenvalue weighted by Gasteiger charge is -1.87. The number of hydrazine groups is 1.